The molecule has 9 heteroatoms. The van der Waals surface area contributed by atoms with Crippen molar-refractivity contribution in [2.24, 2.45) is 4.99 Å². The van der Waals surface area contributed by atoms with Crippen LogP contribution in [0.25, 0.3) is 0 Å². The van der Waals surface area contributed by atoms with E-state index in [0.29, 0.717) is 25.5 Å². The predicted molar refractivity (Wildman–Crippen MR) is 109 cm³/mol. The Morgan fingerprint density at radius 1 is 1.10 bits per heavy atom. The number of carbonyl (C=O) groups is 1. The third kappa shape index (κ3) is 9.83. The van der Waals surface area contributed by atoms with E-state index in [1.54, 1.807) is 36.9 Å². The molecule has 152 valence electrons. The Balaban J connectivity index is 1.53. The highest BCUT2D eigenvalue weighted by Gasteiger charge is 2.02. The number of amides is 1. The molecular formula is C20H25N7O2. The number of hydroxylamine groups is 1. The first-order valence-electron chi connectivity index (χ1n) is 9.44. The number of hydrogen-bond acceptors (Lipinski definition) is 6. The van der Waals surface area contributed by atoms with Gasteiger partial charge in [-0.3, -0.25) is 29.9 Å². The van der Waals surface area contributed by atoms with E-state index in [-0.39, 0.29) is 5.91 Å². The molecule has 0 aliphatic carbocycles. The average molecular weight is 395 g/mol. The maximum absolute atomic E-state index is 11.7. The van der Waals surface area contributed by atoms with E-state index < -0.39 is 0 Å². The molecule has 2 heterocycles. The van der Waals surface area contributed by atoms with Gasteiger partial charge >= 0.3 is 0 Å². The van der Waals surface area contributed by atoms with Crippen LogP contribution in [-0.2, 0) is 16.2 Å². The van der Waals surface area contributed by atoms with Crippen LogP contribution in [-0.4, -0.2) is 28.4 Å². The molecule has 9 nitrogen and oxygen atoms in total. The number of anilines is 1. The molecule has 1 amide bonds. The molecule has 0 saturated heterocycles. The van der Waals surface area contributed by atoms with E-state index in [9.17, 15) is 4.79 Å². The Kier molecular flexibility index (Phi) is 10.2. The molecular weight excluding hydrogens is 370 g/mol. The van der Waals surface area contributed by atoms with Crippen LogP contribution in [0, 0.1) is 11.5 Å². The molecule has 29 heavy (non-hydrogen) atoms. The van der Waals surface area contributed by atoms with E-state index in [0.717, 1.165) is 36.9 Å². The summed E-state index contributed by atoms with van der Waals surface area (Å²) in [5, 5.41) is 14.4. The van der Waals surface area contributed by atoms with Crippen molar-refractivity contribution < 1.29 is 9.63 Å². The van der Waals surface area contributed by atoms with Gasteiger partial charge in [-0.05, 0) is 36.6 Å². The molecule has 2 rings (SSSR count). The third-order valence-electron chi connectivity index (χ3n) is 3.85. The lowest BCUT2D eigenvalue weighted by molar-refractivity contribution is -0.134. The Bertz CT molecular complexity index is 791. The highest BCUT2D eigenvalue weighted by Crippen LogP contribution is 2.05. The standard InChI is InChI=1S/C20H25N7O2/c21-16-25-20(26-18-8-12-22-13-9-18)24-11-4-2-1-3-7-19(28)27-29-15-17-6-5-10-23-14-17/h5-6,8-10,12-14H,1-4,7,11,15H2,(H,27,28)(H2,22,24,25,26). The summed E-state index contributed by atoms with van der Waals surface area (Å²) in [6, 6.07) is 7.28. The monoisotopic (exact) mass is 395 g/mol. The lowest BCUT2D eigenvalue weighted by atomic mass is 10.1. The number of aromatic nitrogens is 2. The van der Waals surface area contributed by atoms with Crippen molar-refractivity contribution >= 4 is 17.6 Å². The van der Waals surface area contributed by atoms with E-state index in [1.165, 1.54) is 0 Å². The zero-order valence-electron chi connectivity index (χ0n) is 16.2. The Labute approximate surface area is 170 Å². The van der Waals surface area contributed by atoms with E-state index in [1.807, 2.05) is 18.3 Å². The second kappa shape index (κ2) is 13.6. The quantitative estimate of drug-likeness (QED) is 0.133. The number of hydrogen-bond donors (Lipinski definition) is 3. The molecule has 0 aliphatic heterocycles. The van der Waals surface area contributed by atoms with Crippen LogP contribution in [0.5, 0.6) is 0 Å². The number of nitriles is 1. The molecule has 0 radical (unpaired) electrons. The largest absolute Gasteiger partial charge is 0.325 e. The van der Waals surface area contributed by atoms with Gasteiger partial charge in [0.1, 0.15) is 6.61 Å². The zero-order chi connectivity index (χ0) is 20.6. The van der Waals surface area contributed by atoms with Gasteiger partial charge < -0.3 is 5.32 Å². The zero-order valence-corrected chi connectivity index (χ0v) is 16.2. The van der Waals surface area contributed by atoms with Gasteiger partial charge in [-0.15, -0.1) is 0 Å². The average Bonchev–Trinajstić information content (AvgIpc) is 2.74. The number of unbranched alkanes of at least 4 members (excludes halogenated alkanes) is 3. The fourth-order valence-electron chi connectivity index (χ4n) is 2.41. The summed E-state index contributed by atoms with van der Waals surface area (Å²) >= 11 is 0. The summed E-state index contributed by atoms with van der Waals surface area (Å²) in [6.07, 6.45) is 12.5. The van der Waals surface area contributed by atoms with Crippen molar-refractivity contribution in [3.05, 3.63) is 54.6 Å². The highest BCUT2D eigenvalue weighted by atomic mass is 16.6. The first-order valence-corrected chi connectivity index (χ1v) is 9.44. The van der Waals surface area contributed by atoms with Crippen molar-refractivity contribution in [2.45, 2.75) is 38.7 Å². The lowest BCUT2D eigenvalue weighted by Gasteiger charge is -2.07. The highest BCUT2D eigenvalue weighted by molar-refractivity contribution is 5.94. The summed E-state index contributed by atoms with van der Waals surface area (Å²) in [7, 11) is 0. The van der Waals surface area contributed by atoms with Crippen LogP contribution in [0.15, 0.2) is 54.0 Å². The fraction of sp³-hybridized carbons (Fsp3) is 0.350. The molecule has 0 fully saturated rings. The van der Waals surface area contributed by atoms with E-state index in [2.05, 4.69) is 31.1 Å². The van der Waals surface area contributed by atoms with Crippen molar-refractivity contribution in [2.75, 3.05) is 11.9 Å². The predicted octanol–water partition coefficient (Wildman–Crippen LogP) is 2.51. The van der Waals surface area contributed by atoms with Crippen LogP contribution < -0.4 is 16.1 Å². The molecule has 0 aliphatic rings. The maximum Gasteiger partial charge on any atom is 0.243 e. The minimum atomic E-state index is -0.131. The molecule has 3 N–H and O–H groups in total. The Morgan fingerprint density at radius 2 is 1.93 bits per heavy atom. The maximum atomic E-state index is 11.7. The minimum absolute atomic E-state index is 0.131. The van der Waals surface area contributed by atoms with E-state index >= 15 is 0 Å². The third-order valence-corrected chi connectivity index (χ3v) is 3.85. The summed E-state index contributed by atoms with van der Waals surface area (Å²) in [6.45, 7) is 0.882. The minimum Gasteiger partial charge on any atom is -0.325 e. The van der Waals surface area contributed by atoms with Crippen LogP contribution in [0.3, 0.4) is 0 Å². The number of carbonyl (C=O) groups excluding carboxylic acids is 1. The van der Waals surface area contributed by atoms with Gasteiger partial charge in [0.05, 0.1) is 0 Å². The van der Waals surface area contributed by atoms with Crippen molar-refractivity contribution in [3.8, 4) is 6.19 Å². The molecule has 0 spiro atoms. The molecule has 2 aromatic heterocycles. The second-order valence-electron chi connectivity index (χ2n) is 6.17. The Morgan fingerprint density at radius 3 is 2.69 bits per heavy atom. The van der Waals surface area contributed by atoms with E-state index in [4.69, 9.17) is 10.1 Å². The molecule has 0 saturated carbocycles. The number of nitrogens with zero attached hydrogens (tertiary/aromatic N) is 4. The normalized spacial score (nSPS) is 10.8. The number of guanidine groups is 1. The number of nitrogens with one attached hydrogen (secondary N) is 3. The van der Waals surface area contributed by atoms with Crippen molar-refractivity contribution in [1.82, 2.24) is 20.8 Å². The van der Waals surface area contributed by atoms with Gasteiger partial charge in [-0.25, -0.2) is 5.48 Å². The first kappa shape index (κ1) is 21.8. The van der Waals surface area contributed by atoms with Crippen LogP contribution >= 0.6 is 0 Å². The molecule has 0 atom stereocenters. The van der Waals surface area contributed by atoms with Crippen LogP contribution in [0.1, 0.15) is 37.7 Å². The topological polar surface area (TPSA) is 124 Å². The lowest BCUT2D eigenvalue weighted by Crippen LogP contribution is -2.27. The molecule has 0 aromatic carbocycles. The number of pyridine rings is 2. The van der Waals surface area contributed by atoms with Gasteiger partial charge in [0.15, 0.2) is 6.19 Å². The second-order valence-corrected chi connectivity index (χ2v) is 6.17. The summed E-state index contributed by atoms with van der Waals surface area (Å²) in [5.41, 5.74) is 4.15. The van der Waals surface area contributed by atoms with Gasteiger partial charge in [0.25, 0.3) is 0 Å². The fourth-order valence-corrected chi connectivity index (χ4v) is 2.41. The SMILES string of the molecule is N#CNC(=NCCCCCCC(=O)NOCc1cccnc1)Nc1ccncc1. The van der Waals surface area contributed by atoms with Gasteiger partial charge in [-0.2, -0.15) is 5.26 Å². The van der Waals surface area contributed by atoms with Gasteiger partial charge in [0.2, 0.25) is 11.9 Å². The Hall–Kier alpha value is -3.51. The summed E-state index contributed by atoms with van der Waals surface area (Å²) in [5.74, 6) is 0.276. The van der Waals surface area contributed by atoms with Gasteiger partial charge in [-0.1, -0.05) is 18.9 Å². The molecule has 0 unspecified atom stereocenters. The molecule has 2 aromatic rings. The van der Waals surface area contributed by atoms with Gasteiger partial charge in [0, 0.05) is 43.4 Å². The van der Waals surface area contributed by atoms with Crippen molar-refractivity contribution in [1.29, 1.82) is 5.26 Å². The number of aliphatic imine (C=N–C) groups is 1. The summed E-state index contributed by atoms with van der Waals surface area (Å²) in [4.78, 5) is 29.2. The number of rotatable bonds is 11. The molecule has 0 bridgehead atoms. The van der Waals surface area contributed by atoms with Crippen LogP contribution in [0.4, 0.5) is 5.69 Å². The summed E-state index contributed by atoms with van der Waals surface area (Å²) < 4.78 is 0. The smallest absolute Gasteiger partial charge is 0.243 e. The van der Waals surface area contributed by atoms with Crippen molar-refractivity contribution in [3.63, 3.8) is 0 Å². The van der Waals surface area contributed by atoms with Crippen LogP contribution in [0.2, 0.25) is 0 Å². The first-order chi connectivity index (χ1) is 14.3.